The maximum atomic E-state index is 11.3. The highest BCUT2D eigenvalue weighted by molar-refractivity contribution is 6.05. The zero-order valence-corrected chi connectivity index (χ0v) is 14.1. The number of amides is 1. The van der Waals surface area contributed by atoms with E-state index < -0.39 is 0 Å². The van der Waals surface area contributed by atoms with E-state index in [1.54, 1.807) is 0 Å². The summed E-state index contributed by atoms with van der Waals surface area (Å²) in [6.07, 6.45) is 1.76. The highest BCUT2D eigenvalue weighted by Crippen LogP contribution is 2.32. The summed E-state index contributed by atoms with van der Waals surface area (Å²) < 4.78 is 6.03. The summed E-state index contributed by atoms with van der Waals surface area (Å²) in [5.41, 5.74) is 8.62. The normalized spacial score (nSPS) is 11.1. The van der Waals surface area contributed by atoms with Crippen molar-refractivity contribution >= 4 is 33.8 Å². The molecule has 0 fully saturated rings. The minimum atomic E-state index is -0.349. The van der Waals surface area contributed by atoms with Gasteiger partial charge in [-0.25, -0.2) is 9.97 Å². The first-order chi connectivity index (χ1) is 12.7. The van der Waals surface area contributed by atoms with E-state index >= 15 is 0 Å². The summed E-state index contributed by atoms with van der Waals surface area (Å²) in [6, 6.07) is 17.8. The van der Waals surface area contributed by atoms with Crippen molar-refractivity contribution in [2.24, 2.45) is 5.73 Å². The molecule has 0 saturated carbocycles. The number of nitrogens with two attached hydrogens (primary N) is 1. The molecule has 0 aliphatic rings. The van der Waals surface area contributed by atoms with Crippen LogP contribution in [0, 0.1) is 0 Å². The number of furan rings is 1. The third-order valence-corrected chi connectivity index (χ3v) is 4.28. The molecule has 6 nitrogen and oxygen atoms in total. The Labute approximate surface area is 150 Å². The largest absolute Gasteiger partial charge is 0.450 e. The number of hydrogen-bond donors (Lipinski definition) is 1. The van der Waals surface area contributed by atoms with E-state index in [0.29, 0.717) is 24.5 Å². The number of anilines is 1. The molecule has 0 spiro atoms. The first-order valence-electron chi connectivity index (χ1n) is 8.42. The topological polar surface area (TPSA) is 85.3 Å². The van der Waals surface area contributed by atoms with Crippen molar-refractivity contribution in [2.75, 3.05) is 11.4 Å². The Kier molecular flexibility index (Phi) is 4.23. The quantitative estimate of drug-likeness (QED) is 0.579. The van der Waals surface area contributed by atoms with Crippen molar-refractivity contribution < 1.29 is 9.21 Å². The second kappa shape index (κ2) is 6.84. The molecule has 2 heterocycles. The molecule has 0 aliphatic heterocycles. The smallest absolute Gasteiger partial charge is 0.219 e. The van der Waals surface area contributed by atoms with E-state index in [1.807, 2.05) is 59.5 Å². The fourth-order valence-corrected chi connectivity index (χ4v) is 3.05. The standard InChI is InChI=1S/C20H18N4O2/c21-17(25)10-11-24(12-14-6-2-1-3-7-14)20-19-18(22-13-23-20)15-8-4-5-9-16(15)26-19/h1-9,13H,10-12H2,(H2,21,25). The Bertz CT molecular complexity index is 1060. The molecular weight excluding hydrogens is 328 g/mol. The molecule has 0 bridgehead atoms. The summed E-state index contributed by atoms with van der Waals surface area (Å²) in [6.45, 7) is 1.05. The number of nitrogens with zero attached hydrogens (tertiary/aromatic N) is 3. The van der Waals surface area contributed by atoms with Crippen molar-refractivity contribution in [1.29, 1.82) is 0 Å². The SMILES string of the molecule is NC(=O)CCN(Cc1ccccc1)c1ncnc2c1oc1ccccc12. The van der Waals surface area contributed by atoms with E-state index in [9.17, 15) is 4.79 Å². The Morgan fingerprint density at radius 2 is 1.81 bits per heavy atom. The molecule has 4 aromatic rings. The molecule has 2 aromatic carbocycles. The number of rotatable bonds is 6. The Hall–Kier alpha value is -3.41. The van der Waals surface area contributed by atoms with Gasteiger partial charge in [0, 0.05) is 24.9 Å². The van der Waals surface area contributed by atoms with Crippen LogP contribution in [0.4, 0.5) is 5.82 Å². The average molecular weight is 346 g/mol. The van der Waals surface area contributed by atoms with E-state index in [4.69, 9.17) is 10.2 Å². The summed E-state index contributed by atoms with van der Waals surface area (Å²) in [5, 5.41) is 0.945. The Morgan fingerprint density at radius 1 is 1.04 bits per heavy atom. The van der Waals surface area contributed by atoms with Crippen molar-refractivity contribution in [2.45, 2.75) is 13.0 Å². The van der Waals surface area contributed by atoms with Gasteiger partial charge in [-0.15, -0.1) is 0 Å². The van der Waals surface area contributed by atoms with Gasteiger partial charge in [-0.2, -0.15) is 0 Å². The highest BCUT2D eigenvalue weighted by Gasteiger charge is 2.18. The summed E-state index contributed by atoms with van der Waals surface area (Å²) in [5.74, 6) is 0.314. The zero-order chi connectivity index (χ0) is 17.9. The number of para-hydroxylation sites is 1. The predicted molar refractivity (Wildman–Crippen MR) is 101 cm³/mol. The van der Waals surface area contributed by atoms with E-state index in [0.717, 1.165) is 22.0 Å². The van der Waals surface area contributed by atoms with Crippen LogP contribution in [0.3, 0.4) is 0 Å². The number of benzene rings is 2. The first-order valence-corrected chi connectivity index (χ1v) is 8.42. The molecule has 2 aromatic heterocycles. The molecule has 0 aliphatic carbocycles. The van der Waals surface area contributed by atoms with Crippen LogP contribution in [0.1, 0.15) is 12.0 Å². The predicted octanol–water partition coefficient (Wildman–Crippen LogP) is 3.26. The molecule has 6 heteroatoms. The van der Waals surface area contributed by atoms with Crippen LogP contribution in [0.2, 0.25) is 0 Å². The van der Waals surface area contributed by atoms with Gasteiger partial charge in [-0.1, -0.05) is 42.5 Å². The monoisotopic (exact) mass is 346 g/mol. The van der Waals surface area contributed by atoms with E-state index in [-0.39, 0.29) is 12.3 Å². The van der Waals surface area contributed by atoms with Crippen molar-refractivity contribution in [1.82, 2.24) is 9.97 Å². The minimum Gasteiger partial charge on any atom is -0.450 e. The summed E-state index contributed by atoms with van der Waals surface area (Å²) in [4.78, 5) is 22.2. The van der Waals surface area contributed by atoms with Crippen LogP contribution in [-0.4, -0.2) is 22.4 Å². The molecule has 0 atom stereocenters. The third-order valence-electron chi connectivity index (χ3n) is 4.28. The number of aromatic nitrogens is 2. The van der Waals surface area contributed by atoms with Gasteiger partial charge in [0.15, 0.2) is 11.4 Å². The lowest BCUT2D eigenvalue weighted by molar-refractivity contribution is -0.117. The fourth-order valence-electron chi connectivity index (χ4n) is 3.05. The van der Waals surface area contributed by atoms with Crippen LogP contribution in [0.5, 0.6) is 0 Å². The fraction of sp³-hybridized carbons (Fsp3) is 0.150. The van der Waals surface area contributed by atoms with E-state index in [2.05, 4.69) is 9.97 Å². The van der Waals surface area contributed by atoms with E-state index in [1.165, 1.54) is 6.33 Å². The van der Waals surface area contributed by atoms with Gasteiger partial charge < -0.3 is 15.1 Å². The number of carbonyl (C=O) groups is 1. The molecule has 0 saturated heterocycles. The van der Waals surface area contributed by atoms with Gasteiger partial charge in [-0.3, -0.25) is 4.79 Å². The Morgan fingerprint density at radius 3 is 2.62 bits per heavy atom. The molecule has 4 rings (SSSR count). The van der Waals surface area contributed by atoms with Gasteiger partial charge in [0.05, 0.1) is 0 Å². The number of carbonyl (C=O) groups excluding carboxylic acids is 1. The highest BCUT2D eigenvalue weighted by atomic mass is 16.3. The molecule has 130 valence electrons. The summed E-state index contributed by atoms with van der Waals surface area (Å²) in [7, 11) is 0. The maximum Gasteiger partial charge on any atom is 0.219 e. The van der Waals surface area contributed by atoms with Crippen molar-refractivity contribution in [3.63, 3.8) is 0 Å². The van der Waals surface area contributed by atoms with Gasteiger partial charge >= 0.3 is 0 Å². The van der Waals surface area contributed by atoms with Crippen LogP contribution >= 0.6 is 0 Å². The molecule has 1 amide bonds. The van der Waals surface area contributed by atoms with Crippen LogP contribution in [0.25, 0.3) is 22.1 Å². The van der Waals surface area contributed by atoms with Crippen LogP contribution in [0.15, 0.2) is 65.3 Å². The minimum absolute atomic E-state index is 0.235. The van der Waals surface area contributed by atoms with Crippen molar-refractivity contribution in [3.8, 4) is 0 Å². The van der Waals surface area contributed by atoms with Crippen LogP contribution < -0.4 is 10.6 Å². The van der Waals surface area contributed by atoms with Crippen LogP contribution in [-0.2, 0) is 11.3 Å². The zero-order valence-electron chi connectivity index (χ0n) is 14.1. The molecule has 0 radical (unpaired) electrons. The van der Waals surface area contributed by atoms with Gasteiger partial charge in [0.25, 0.3) is 0 Å². The Balaban J connectivity index is 1.80. The lowest BCUT2D eigenvalue weighted by atomic mass is 10.2. The molecule has 2 N–H and O–H groups in total. The number of primary amides is 1. The molecule has 26 heavy (non-hydrogen) atoms. The first kappa shape index (κ1) is 16.1. The van der Waals surface area contributed by atoms with Gasteiger partial charge in [0.2, 0.25) is 5.91 Å². The number of hydrogen-bond acceptors (Lipinski definition) is 5. The average Bonchev–Trinajstić information content (AvgIpc) is 3.05. The van der Waals surface area contributed by atoms with Gasteiger partial charge in [-0.05, 0) is 17.7 Å². The third kappa shape index (κ3) is 3.09. The molecular formula is C20H18N4O2. The lowest BCUT2D eigenvalue weighted by Gasteiger charge is -2.23. The summed E-state index contributed by atoms with van der Waals surface area (Å²) >= 11 is 0. The second-order valence-electron chi connectivity index (χ2n) is 6.10. The van der Waals surface area contributed by atoms with Crippen molar-refractivity contribution in [3.05, 3.63) is 66.5 Å². The maximum absolute atomic E-state index is 11.3. The lowest BCUT2D eigenvalue weighted by Crippen LogP contribution is -2.28. The second-order valence-corrected chi connectivity index (χ2v) is 6.10. The number of fused-ring (bicyclic) bond motifs is 3. The molecule has 0 unspecified atom stereocenters. The van der Waals surface area contributed by atoms with Gasteiger partial charge in [0.1, 0.15) is 17.4 Å².